The number of nitrogens with one attached hydrogen (secondary N) is 1. The molecular formula is C13H18N4S. The van der Waals surface area contributed by atoms with Crippen LogP contribution in [0.2, 0.25) is 0 Å². The number of nitrogens with zero attached hydrogens (tertiary/aromatic N) is 2. The Labute approximate surface area is 112 Å². The molecule has 0 aliphatic rings. The fraction of sp³-hybridized carbons (Fsp3) is 0.308. The van der Waals surface area contributed by atoms with E-state index in [1.165, 1.54) is 10.9 Å². The van der Waals surface area contributed by atoms with Crippen LogP contribution < -0.4 is 11.1 Å². The summed E-state index contributed by atoms with van der Waals surface area (Å²) < 4.78 is 2.25. The molecule has 0 atom stereocenters. The van der Waals surface area contributed by atoms with Crippen LogP contribution in [0.15, 0.2) is 30.5 Å². The lowest BCUT2D eigenvalue weighted by molar-refractivity contribution is 0.387. The molecule has 0 radical (unpaired) electrons. The molecule has 1 aromatic heterocycles. The Hall–Kier alpha value is -1.59. The molecule has 0 aliphatic carbocycles. The number of benzene rings is 1. The van der Waals surface area contributed by atoms with Crippen LogP contribution in [-0.2, 0) is 6.54 Å². The fourth-order valence-corrected chi connectivity index (χ4v) is 2.04. The van der Waals surface area contributed by atoms with Crippen molar-refractivity contribution in [3.05, 3.63) is 30.5 Å². The first kappa shape index (κ1) is 12.9. The Balaban J connectivity index is 2.23. The molecule has 0 aliphatic heterocycles. The quantitative estimate of drug-likeness (QED) is 0.826. The van der Waals surface area contributed by atoms with Crippen molar-refractivity contribution in [2.24, 2.45) is 5.73 Å². The molecule has 5 heteroatoms. The number of likely N-dealkylation sites (N-methyl/N-ethyl adjacent to an activating group) is 1. The van der Waals surface area contributed by atoms with E-state index in [-0.39, 0.29) is 0 Å². The van der Waals surface area contributed by atoms with Gasteiger partial charge in [0.2, 0.25) is 0 Å². The second-order valence-corrected chi connectivity index (χ2v) is 5.02. The van der Waals surface area contributed by atoms with E-state index in [9.17, 15) is 0 Å². The molecule has 0 spiro atoms. The van der Waals surface area contributed by atoms with Gasteiger partial charge in [-0.2, -0.15) is 0 Å². The minimum absolute atomic E-state index is 0.293. The first-order valence-corrected chi connectivity index (χ1v) is 6.27. The van der Waals surface area contributed by atoms with Gasteiger partial charge < -0.3 is 20.5 Å². The largest absolute Gasteiger partial charge is 0.376 e. The predicted molar refractivity (Wildman–Crippen MR) is 80.9 cm³/mol. The van der Waals surface area contributed by atoms with Crippen LogP contribution in [0, 0.1) is 0 Å². The summed E-state index contributed by atoms with van der Waals surface area (Å²) in [6.45, 7) is 2.01. The van der Waals surface area contributed by atoms with Gasteiger partial charge in [0.05, 0.1) is 0 Å². The van der Waals surface area contributed by atoms with Gasteiger partial charge in [-0.05, 0) is 50.6 Å². The highest BCUT2D eigenvalue weighted by atomic mass is 32.1. The smallest absolute Gasteiger partial charge is 0.168 e. The third-order valence-corrected chi connectivity index (χ3v) is 2.93. The minimum atomic E-state index is 0.293. The number of nitrogens with two attached hydrogens (primary N) is 1. The Morgan fingerprint density at radius 3 is 2.83 bits per heavy atom. The van der Waals surface area contributed by atoms with Gasteiger partial charge in [-0.3, -0.25) is 0 Å². The van der Waals surface area contributed by atoms with E-state index >= 15 is 0 Å². The third kappa shape index (κ3) is 3.00. The van der Waals surface area contributed by atoms with E-state index in [1.807, 2.05) is 6.07 Å². The lowest BCUT2D eigenvalue weighted by atomic mass is 10.2. The zero-order valence-electron chi connectivity index (χ0n) is 10.7. The molecule has 0 saturated heterocycles. The summed E-state index contributed by atoms with van der Waals surface area (Å²) in [5.74, 6) is 0. The van der Waals surface area contributed by atoms with Crippen molar-refractivity contribution in [3.8, 4) is 0 Å². The lowest BCUT2D eigenvalue weighted by Gasteiger charge is -2.11. The van der Waals surface area contributed by atoms with Gasteiger partial charge >= 0.3 is 0 Å². The molecule has 96 valence electrons. The van der Waals surface area contributed by atoms with Gasteiger partial charge in [0.25, 0.3) is 0 Å². The summed E-state index contributed by atoms with van der Waals surface area (Å²) in [5, 5.41) is 4.43. The summed E-state index contributed by atoms with van der Waals surface area (Å²) in [7, 11) is 4.16. The Kier molecular flexibility index (Phi) is 3.84. The van der Waals surface area contributed by atoms with Crippen LogP contribution in [0.5, 0.6) is 0 Å². The second kappa shape index (κ2) is 5.37. The maximum absolute atomic E-state index is 5.46. The van der Waals surface area contributed by atoms with Gasteiger partial charge in [0, 0.05) is 35.9 Å². The fourth-order valence-electron chi connectivity index (χ4n) is 1.92. The van der Waals surface area contributed by atoms with E-state index in [2.05, 4.69) is 53.3 Å². The number of thiocarbonyl (C=S) groups is 1. The molecule has 3 N–H and O–H groups in total. The number of rotatable bonds is 4. The molecule has 4 nitrogen and oxygen atoms in total. The Bertz CT molecular complexity index is 559. The van der Waals surface area contributed by atoms with Crippen molar-refractivity contribution in [1.29, 1.82) is 0 Å². The molecule has 0 bridgehead atoms. The lowest BCUT2D eigenvalue weighted by Crippen LogP contribution is -2.19. The van der Waals surface area contributed by atoms with E-state index in [4.69, 9.17) is 18.0 Å². The second-order valence-electron chi connectivity index (χ2n) is 4.58. The van der Waals surface area contributed by atoms with Crippen molar-refractivity contribution >= 4 is 33.9 Å². The normalized spacial score (nSPS) is 11.1. The van der Waals surface area contributed by atoms with E-state index in [0.717, 1.165) is 18.8 Å². The first-order chi connectivity index (χ1) is 8.56. The molecule has 0 amide bonds. The average Bonchev–Trinajstić information content (AvgIpc) is 2.68. The van der Waals surface area contributed by atoms with Crippen LogP contribution >= 0.6 is 12.2 Å². The van der Waals surface area contributed by atoms with Crippen molar-refractivity contribution in [2.75, 3.05) is 26.0 Å². The summed E-state index contributed by atoms with van der Waals surface area (Å²) in [4.78, 5) is 2.18. The van der Waals surface area contributed by atoms with Crippen molar-refractivity contribution in [1.82, 2.24) is 9.47 Å². The van der Waals surface area contributed by atoms with Crippen LogP contribution in [0.25, 0.3) is 10.9 Å². The average molecular weight is 262 g/mol. The highest BCUT2D eigenvalue weighted by molar-refractivity contribution is 7.80. The number of hydrogen-bond donors (Lipinski definition) is 2. The zero-order valence-corrected chi connectivity index (χ0v) is 11.5. The number of anilines is 1. The maximum Gasteiger partial charge on any atom is 0.168 e. The molecule has 1 heterocycles. The third-order valence-electron chi connectivity index (χ3n) is 2.83. The van der Waals surface area contributed by atoms with Crippen LogP contribution in [0.3, 0.4) is 0 Å². The van der Waals surface area contributed by atoms with E-state index < -0.39 is 0 Å². The maximum atomic E-state index is 5.46. The molecule has 1 aromatic carbocycles. The summed E-state index contributed by atoms with van der Waals surface area (Å²) in [6, 6.07) is 8.25. The van der Waals surface area contributed by atoms with Crippen LogP contribution in [-0.4, -0.2) is 35.2 Å². The van der Waals surface area contributed by atoms with Gasteiger partial charge in [-0.15, -0.1) is 0 Å². The molecular weight excluding hydrogens is 244 g/mol. The topological polar surface area (TPSA) is 46.2 Å². The number of fused-ring (bicyclic) bond motifs is 1. The number of aromatic nitrogens is 1. The molecule has 0 saturated carbocycles. The van der Waals surface area contributed by atoms with Crippen LogP contribution in [0.1, 0.15) is 0 Å². The molecule has 0 unspecified atom stereocenters. The molecule has 18 heavy (non-hydrogen) atoms. The zero-order chi connectivity index (χ0) is 13.1. The van der Waals surface area contributed by atoms with Gasteiger partial charge in [-0.25, -0.2) is 0 Å². The summed E-state index contributed by atoms with van der Waals surface area (Å²) in [5.41, 5.74) is 7.62. The monoisotopic (exact) mass is 262 g/mol. The van der Waals surface area contributed by atoms with E-state index in [0.29, 0.717) is 5.11 Å². The summed E-state index contributed by atoms with van der Waals surface area (Å²) in [6.07, 6.45) is 2.11. The van der Waals surface area contributed by atoms with Crippen molar-refractivity contribution in [2.45, 2.75) is 6.54 Å². The highest BCUT2D eigenvalue weighted by Gasteiger charge is 2.03. The van der Waals surface area contributed by atoms with E-state index in [1.54, 1.807) is 0 Å². The van der Waals surface area contributed by atoms with Gasteiger partial charge in [-0.1, -0.05) is 0 Å². The Morgan fingerprint density at radius 2 is 2.17 bits per heavy atom. The van der Waals surface area contributed by atoms with Crippen molar-refractivity contribution in [3.63, 3.8) is 0 Å². The highest BCUT2D eigenvalue weighted by Crippen LogP contribution is 2.20. The first-order valence-electron chi connectivity index (χ1n) is 5.86. The summed E-state index contributed by atoms with van der Waals surface area (Å²) >= 11 is 4.83. The SMILES string of the molecule is CN(C)CCn1ccc2cc(NC(N)=S)ccc21. The predicted octanol–water partition coefficient (Wildman–Crippen LogP) is 1.86. The standard InChI is InChI=1S/C13H18N4S/c1-16(2)7-8-17-6-5-10-9-11(15-13(14)18)3-4-12(10)17/h3-6,9H,7-8H2,1-2H3,(H3,14,15,18). The number of hydrogen-bond acceptors (Lipinski definition) is 2. The van der Waals surface area contributed by atoms with Gasteiger partial charge in [0.15, 0.2) is 5.11 Å². The van der Waals surface area contributed by atoms with Gasteiger partial charge in [0.1, 0.15) is 0 Å². The molecule has 2 rings (SSSR count). The Morgan fingerprint density at radius 1 is 1.39 bits per heavy atom. The molecule has 2 aromatic rings. The van der Waals surface area contributed by atoms with Crippen molar-refractivity contribution < 1.29 is 0 Å². The van der Waals surface area contributed by atoms with Crippen LogP contribution in [0.4, 0.5) is 5.69 Å². The minimum Gasteiger partial charge on any atom is -0.376 e. The molecule has 0 fully saturated rings.